The molecule has 0 bridgehead atoms. The van der Waals surface area contributed by atoms with E-state index in [1.807, 2.05) is 12.1 Å². The van der Waals surface area contributed by atoms with E-state index in [2.05, 4.69) is 11.1 Å². The van der Waals surface area contributed by atoms with E-state index in [4.69, 9.17) is 33.7 Å². The average Bonchev–Trinajstić information content (AvgIpc) is 3.03. The number of nitrogen functional groups attached to an aromatic ring is 1. The average molecular weight is 334 g/mol. The zero-order valence-corrected chi connectivity index (χ0v) is 13.2. The van der Waals surface area contributed by atoms with Crippen LogP contribution in [0.4, 0.5) is 5.82 Å². The van der Waals surface area contributed by atoms with Crippen molar-refractivity contribution in [3.05, 3.63) is 45.4 Å². The first-order chi connectivity index (χ1) is 10.6. The van der Waals surface area contributed by atoms with Crippen molar-refractivity contribution in [1.29, 1.82) is 5.26 Å². The van der Waals surface area contributed by atoms with Gasteiger partial charge in [0.05, 0.1) is 27.9 Å². The number of anilines is 1. The minimum atomic E-state index is 0.168. The summed E-state index contributed by atoms with van der Waals surface area (Å²) in [6.45, 7) is 1.29. The maximum atomic E-state index is 9.35. The standard InChI is InChI=1S/C16H13Cl2N3O/c17-13-2-1-9(5-14(13)18)15-6-11(10-3-4-22-8-10)12(7-19)16(20)21-15/h1-2,5-6,10H,3-4,8H2,(H2,20,21). The van der Waals surface area contributed by atoms with Crippen LogP contribution in [0.1, 0.15) is 23.5 Å². The van der Waals surface area contributed by atoms with Crippen LogP contribution < -0.4 is 5.73 Å². The summed E-state index contributed by atoms with van der Waals surface area (Å²) in [6, 6.07) is 9.34. The van der Waals surface area contributed by atoms with Gasteiger partial charge in [0.15, 0.2) is 0 Å². The number of nitrogens with two attached hydrogens (primary N) is 1. The van der Waals surface area contributed by atoms with E-state index in [0.717, 1.165) is 17.5 Å². The first-order valence-electron chi connectivity index (χ1n) is 6.84. The van der Waals surface area contributed by atoms with Crippen LogP contribution in [0.3, 0.4) is 0 Å². The summed E-state index contributed by atoms with van der Waals surface area (Å²) < 4.78 is 5.42. The fourth-order valence-corrected chi connectivity index (χ4v) is 2.91. The highest BCUT2D eigenvalue weighted by Crippen LogP contribution is 2.34. The van der Waals surface area contributed by atoms with Crippen molar-refractivity contribution in [2.24, 2.45) is 0 Å². The summed E-state index contributed by atoms with van der Waals surface area (Å²) in [7, 11) is 0. The minimum Gasteiger partial charge on any atom is -0.383 e. The van der Waals surface area contributed by atoms with Crippen LogP contribution in [0.2, 0.25) is 10.0 Å². The van der Waals surface area contributed by atoms with Crippen LogP contribution in [0.25, 0.3) is 11.3 Å². The Bertz CT molecular complexity index is 765. The van der Waals surface area contributed by atoms with Crippen LogP contribution >= 0.6 is 23.2 Å². The SMILES string of the molecule is N#Cc1c(C2CCOC2)cc(-c2ccc(Cl)c(Cl)c2)nc1N. The van der Waals surface area contributed by atoms with Gasteiger partial charge in [-0.3, -0.25) is 0 Å². The summed E-state index contributed by atoms with van der Waals surface area (Å²) in [5, 5.41) is 10.3. The molecule has 0 aliphatic carbocycles. The third kappa shape index (κ3) is 2.76. The van der Waals surface area contributed by atoms with E-state index < -0.39 is 0 Å². The van der Waals surface area contributed by atoms with E-state index in [-0.39, 0.29) is 11.7 Å². The molecule has 22 heavy (non-hydrogen) atoms. The third-order valence-electron chi connectivity index (χ3n) is 3.77. The molecule has 2 N–H and O–H groups in total. The zero-order valence-electron chi connectivity index (χ0n) is 11.6. The number of hydrogen-bond donors (Lipinski definition) is 1. The van der Waals surface area contributed by atoms with Crippen molar-refractivity contribution in [2.45, 2.75) is 12.3 Å². The number of nitrogens with zero attached hydrogens (tertiary/aromatic N) is 2. The molecule has 2 heterocycles. The number of ether oxygens (including phenoxy) is 1. The molecule has 0 amide bonds. The maximum absolute atomic E-state index is 9.35. The fourth-order valence-electron chi connectivity index (χ4n) is 2.61. The highest BCUT2D eigenvalue weighted by Gasteiger charge is 2.23. The Hall–Kier alpha value is -1.80. The molecule has 1 atom stereocenters. The lowest BCUT2D eigenvalue weighted by atomic mass is 9.93. The van der Waals surface area contributed by atoms with Crippen LogP contribution in [0.5, 0.6) is 0 Å². The maximum Gasteiger partial charge on any atom is 0.142 e. The van der Waals surface area contributed by atoms with Crippen molar-refractivity contribution in [3.63, 3.8) is 0 Å². The second-order valence-electron chi connectivity index (χ2n) is 5.16. The second-order valence-corrected chi connectivity index (χ2v) is 5.97. The van der Waals surface area contributed by atoms with Crippen LogP contribution in [0.15, 0.2) is 24.3 Å². The topological polar surface area (TPSA) is 71.9 Å². The molecule has 4 nitrogen and oxygen atoms in total. The van der Waals surface area contributed by atoms with Crippen molar-refractivity contribution in [1.82, 2.24) is 4.98 Å². The van der Waals surface area contributed by atoms with Crippen molar-refractivity contribution in [2.75, 3.05) is 18.9 Å². The number of benzene rings is 1. The van der Waals surface area contributed by atoms with Crippen LogP contribution in [-0.2, 0) is 4.74 Å². The minimum absolute atomic E-state index is 0.168. The number of rotatable bonds is 2. The molecule has 1 aromatic carbocycles. The van der Waals surface area contributed by atoms with E-state index in [0.29, 0.717) is 34.5 Å². The number of halogens is 2. The van der Waals surface area contributed by atoms with Crippen molar-refractivity contribution < 1.29 is 4.74 Å². The van der Waals surface area contributed by atoms with Gasteiger partial charge in [0.1, 0.15) is 11.9 Å². The lowest BCUT2D eigenvalue weighted by Gasteiger charge is -2.14. The Labute approximate surface area is 138 Å². The van der Waals surface area contributed by atoms with Gasteiger partial charge < -0.3 is 10.5 Å². The second kappa shape index (κ2) is 6.13. The largest absolute Gasteiger partial charge is 0.383 e. The molecule has 1 aliphatic rings. The van der Waals surface area contributed by atoms with Gasteiger partial charge in [0.2, 0.25) is 0 Å². The quantitative estimate of drug-likeness (QED) is 0.900. The van der Waals surface area contributed by atoms with E-state index >= 15 is 0 Å². The van der Waals surface area contributed by atoms with Crippen molar-refractivity contribution in [3.8, 4) is 17.3 Å². The van der Waals surface area contributed by atoms with Gasteiger partial charge in [-0.1, -0.05) is 29.3 Å². The molecule has 0 radical (unpaired) electrons. The molecule has 1 aliphatic heterocycles. The number of hydrogen-bond acceptors (Lipinski definition) is 4. The van der Waals surface area contributed by atoms with Crippen LogP contribution in [0, 0.1) is 11.3 Å². The molecule has 6 heteroatoms. The molecular weight excluding hydrogens is 321 g/mol. The highest BCUT2D eigenvalue weighted by molar-refractivity contribution is 6.42. The van der Waals surface area contributed by atoms with E-state index in [1.165, 1.54) is 0 Å². The van der Waals surface area contributed by atoms with Gasteiger partial charge in [0.25, 0.3) is 0 Å². The summed E-state index contributed by atoms with van der Waals surface area (Å²) >= 11 is 12.0. The third-order valence-corrected chi connectivity index (χ3v) is 4.51. The molecule has 1 fully saturated rings. The zero-order chi connectivity index (χ0) is 15.7. The predicted octanol–water partition coefficient (Wildman–Crippen LogP) is 4.01. The molecule has 0 spiro atoms. The van der Waals surface area contributed by atoms with Crippen molar-refractivity contribution >= 4 is 29.0 Å². The Morgan fingerprint density at radius 3 is 2.73 bits per heavy atom. The first-order valence-corrected chi connectivity index (χ1v) is 7.59. The molecule has 1 aromatic heterocycles. The molecule has 1 saturated heterocycles. The molecule has 1 unspecified atom stereocenters. The molecular formula is C16H13Cl2N3O. The molecule has 3 rings (SSSR count). The van der Waals surface area contributed by atoms with E-state index in [9.17, 15) is 5.26 Å². The number of nitriles is 1. The summed E-state index contributed by atoms with van der Waals surface area (Å²) in [6.07, 6.45) is 0.874. The summed E-state index contributed by atoms with van der Waals surface area (Å²) in [5.41, 5.74) is 8.77. The van der Waals surface area contributed by atoms with Gasteiger partial charge in [-0.05, 0) is 30.2 Å². The van der Waals surface area contributed by atoms with Gasteiger partial charge in [-0.15, -0.1) is 0 Å². The van der Waals surface area contributed by atoms with E-state index in [1.54, 1.807) is 12.1 Å². The van der Waals surface area contributed by atoms with Gasteiger partial charge in [0, 0.05) is 18.1 Å². The smallest absolute Gasteiger partial charge is 0.142 e. The number of aromatic nitrogens is 1. The predicted molar refractivity (Wildman–Crippen MR) is 87.0 cm³/mol. The van der Waals surface area contributed by atoms with Gasteiger partial charge in [-0.2, -0.15) is 5.26 Å². The van der Waals surface area contributed by atoms with Crippen LogP contribution in [-0.4, -0.2) is 18.2 Å². The fraction of sp³-hybridized carbons (Fsp3) is 0.250. The lowest BCUT2D eigenvalue weighted by molar-refractivity contribution is 0.194. The number of pyridine rings is 1. The Kier molecular flexibility index (Phi) is 4.21. The Morgan fingerprint density at radius 2 is 2.09 bits per heavy atom. The summed E-state index contributed by atoms with van der Waals surface area (Å²) in [5.74, 6) is 0.398. The summed E-state index contributed by atoms with van der Waals surface area (Å²) in [4.78, 5) is 4.33. The highest BCUT2D eigenvalue weighted by atomic mass is 35.5. The first kappa shape index (κ1) is 15.1. The Balaban J connectivity index is 2.12. The van der Waals surface area contributed by atoms with Gasteiger partial charge >= 0.3 is 0 Å². The van der Waals surface area contributed by atoms with Gasteiger partial charge in [-0.25, -0.2) is 4.98 Å². The molecule has 112 valence electrons. The normalized spacial score (nSPS) is 17.4. The molecule has 0 saturated carbocycles. The lowest BCUT2D eigenvalue weighted by Crippen LogP contribution is -2.06. The molecule has 2 aromatic rings. The Morgan fingerprint density at radius 1 is 1.27 bits per heavy atom. The monoisotopic (exact) mass is 333 g/mol.